The van der Waals surface area contributed by atoms with Gasteiger partial charge in [0.1, 0.15) is 5.60 Å². The van der Waals surface area contributed by atoms with Gasteiger partial charge in [0, 0.05) is 7.11 Å². The average molecular weight is 208 g/mol. The van der Waals surface area contributed by atoms with E-state index in [-0.39, 0.29) is 5.78 Å². The van der Waals surface area contributed by atoms with Gasteiger partial charge in [-0.1, -0.05) is 6.08 Å². The zero-order chi connectivity index (χ0) is 10.7. The lowest BCUT2D eigenvalue weighted by atomic mass is 9.86. The first-order valence-electron chi connectivity index (χ1n) is 6.07. The number of hydrogen-bond acceptors (Lipinski definition) is 2. The van der Waals surface area contributed by atoms with Gasteiger partial charge in [-0.3, -0.25) is 4.79 Å². The standard InChI is InChI=1S/C13H20O2/c1-15-13(9-5-6-10-13)12(14)11-7-3-2-4-8-11/h7H,2-6,8-10H2,1H3. The van der Waals surface area contributed by atoms with E-state index >= 15 is 0 Å². The average Bonchev–Trinajstić information content (AvgIpc) is 2.79. The van der Waals surface area contributed by atoms with Crippen molar-refractivity contribution in [2.45, 2.75) is 57.0 Å². The van der Waals surface area contributed by atoms with Crippen molar-refractivity contribution in [3.05, 3.63) is 11.6 Å². The molecule has 0 unspecified atom stereocenters. The van der Waals surface area contributed by atoms with E-state index in [2.05, 4.69) is 6.08 Å². The van der Waals surface area contributed by atoms with Crippen LogP contribution in [0.2, 0.25) is 0 Å². The second kappa shape index (κ2) is 4.48. The lowest BCUT2D eigenvalue weighted by Crippen LogP contribution is -2.39. The summed E-state index contributed by atoms with van der Waals surface area (Å²) in [7, 11) is 1.69. The molecule has 2 aliphatic rings. The number of allylic oxidation sites excluding steroid dienone is 1. The Morgan fingerprint density at radius 3 is 2.53 bits per heavy atom. The highest BCUT2D eigenvalue weighted by atomic mass is 16.5. The zero-order valence-electron chi connectivity index (χ0n) is 9.55. The van der Waals surface area contributed by atoms with Crippen molar-refractivity contribution in [1.29, 1.82) is 0 Å². The Kier molecular flexibility index (Phi) is 3.25. The third-order valence-electron chi connectivity index (χ3n) is 3.80. The second-order valence-electron chi connectivity index (χ2n) is 4.71. The van der Waals surface area contributed by atoms with Crippen LogP contribution in [0.5, 0.6) is 0 Å². The third-order valence-corrected chi connectivity index (χ3v) is 3.80. The molecule has 2 aliphatic carbocycles. The maximum absolute atomic E-state index is 12.4. The fourth-order valence-electron chi connectivity index (χ4n) is 2.81. The minimum Gasteiger partial charge on any atom is -0.370 e. The van der Waals surface area contributed by atoms with Crippen LogP contribution >= 0.6 is 0 Å². The molecule has 0 aromatic rings. The molecule has 1 saturated carbocycles. The van der Waals surface area contributed by atoms with Crippen LogP contribution in [-0.4, -0.2) is 18.5 Å². The lowest BCUT2D eigenvalue weighted by Gasteiger charge is -2.28. The molecule has 0 bridgehead atoms. The zero-order valence-corrected chi connectivity index (χ0v) is 9.55. The largest absolute Gasteiger partial charge is 0.370 e. The van der Waals surface area contributed by atoms with Crippen LogP contribution in [0.25, 0.3) is 0 Å². The summed E-state index contributed by atoms with van der Waals surface area (Å²) in [6.45, 7) is 0. The Morgan fingerprint density at radius 2 is 2.00 bits per heavy atom. The van der Waals surface area contributed by atoms with Crippen LogP contribution in [-0.2, 0) is 9.53 Å². The molecular formula is C13H20O2. The smallest absolute Gasteiger partial charge is 0.190 e. The number of carbonyl (C=O) groups excluding carboxylic acids is 1. The van der Waals surface area contributed by atoms with Gasteiger partial charge < -0.3 is 4.74 Å². The molecular weight excluding hydrogens is 188 g/mol. The summed E-state index contributed by atoms with van der Waals surface area (Å²) in [5, 5.41) is 0. The van der Waals surface area contributed by atoms with Gasteiger partial charge in [0.15, 0.2) is 5.78 Å². The molecule has 0 atom stereocenters. The van der Waals surface area contributed by atoms with E-state index in [1.165, 1.54) is 6.42 Å². The first kappa shape index (κ1) is 10.9. The van der Waals surface area contributed by atoms with Gasteiger partial charge in [-0.15, -0.1) is 0 Å². The molecule has 0 spiro atoms. The van der Waals surface area contributed by atoms with Gasteiger partial charge >= 0.3 is 0 Å². The number of ketones is 1. The summed E-state index contributed by atoms with van der Waals surface area (Å²) in [4.78, 5) is 12.4. The van der Waals surface area contributed by atoms with Crippen molar-refractivity contribution in [1.82, 2.24) is 0 Å². The maximum atomic E-state index is 12.4. The molecule has 0 N–H and O–H groups in total. The highest BCUT2D eigenvalue weighted by Gasteiger charge is 2.42. The van der Waals surface area contributed by atoms with E-state index in [9.17, 15) is 4.79 Å². The van der Waals surface area contributed by atoms with Crippen molar-refractivity contribution in [2.75, 3.05) is 7.11 Å². The van der Waals surface area contributed by atoms with E-state index in [4.69, 9.17) is 4.74 Å². The van der Waals surface area contributed by atoms with Gasteiger partial charge in [0.25, 0.3) is 0 Å². The summed E-state index contributed by atoms with van der Waals surface area (Å²) >= 11 is 0. The number of rotatable bonds is 3. The van der Waals surface area contributed by atoms with Crippen molar-refractivity contribution in [3.8, 4) is 0 Å². The molecule has 84 valence electrons. The first-order valence-corrected chi connectivity index (χ1v) is 6.07. The Bertz CT molecular complexity index is 272. The van der Waals surface area contributed by atoms with Crippen molar-refractivity contribution in [3.63, 3.8) is 0 Å². The predicted molar refractivity (Wildman–Crippen MR) is 59.8 cm³/mol. The van der Waals surface area contributed by atoms with Crippen LogP contribution in [0.3, 0.4) is 0 Å². The van der Waals surface area contributed by atoms with Gasteiger partial charge in [-0.2, -0.15) is 0 Å². The number of ether oxygens (including phenoxy) is 1. The van der Waals surface area contributed by atoms with Gasteiger partial charge in [-0.05, 0) is 56.9 Å². The SMILES string of the molecule is COC1(C(=O)C2=CCCCC2)CCCC1. The predicted octanol–water partition coefficient (Wildman–Crippen LogP) is 3.02. The molecule has 0 aromatic heterocycles. The fraction of sp³-hybridized carbons (Fsp3) is 0.769. The molecule has 2 rings (SSSR count). The molecule has 0 aromatic carbocycles. The van der Waals surface area contributed by atoms with Gasteiger partial charge in [-0.25, -0.2) is 0 Å². The first-order chi connectivity index (χ1) is 7.28. The minimum atomic E-state index is -0.455. The van der Waals surface area contributed by atoms with E-state index < -0.39 is 5.60 Å². The van der Waals surface area contributed by atoms with Crippen LogP contribution in [0.15, 0.2) is 11.6 Å². The summed E-state index contributed by atoms with van der Waals surface area (Å²) in [6.07, 6.45) is 10.7. The van der Waals surface area contributed by atoms with E-state index in [1.54, 1.807) is 7.11 Å². The fourth-order valence-corrected chi connectivity index (χ4v) is 2.81. The molecule has 2 heteroatoms. The highest BCUT2D eigenvalue weighted by Crippen LogP contribution is 2.37. The summed E-state index contributed by atoms with van der Waals surface area (Å²) in [5.41, 5.74) is 0.577. The van der Waals surface area contributed by atoms with Crippen molar-refractivity contribution < 1.29 is 9.53 Å². The second-order valence-corrected chi connectivity index (χ2v) is 4.71. The topological polar surface area (TPSA) is 26.3 Å². The maximum Gasteiger partial charge on any atom is 0.190 e. The lowest BCUT2D eigenvalue weighted by molar-refractivity contribution is -0.136. The number of hydrogen-bond donors (Lipinski definition) is 0. The monoisotopic (exact) mass is 208 g/mol. The number of carbonyl (C=O) groups is 1. The Balaban J connectivity index is 2.14. The molecule has 2 nitrogen and oxygen atoms in total. The van der Waals surface area contributed by atoms with Crippen LogP contribution in [0.1, 0.15) is 51.4 Å². The molecule has 0 radical (unpaired) electrons. The molecule has 0 heterocycles. The van der Waals surface area contributed by atoms with Crippen LogP contribution in [0, 0.1) is 0 Å². The summed E-state index contributed by atoms with van der Waals surface area (Å²) < 4.78 is 5.52. The quantitative estimate of drug-likeness (QED) is 0.712. The molecule has 0 aliphatic heterocycles. The van der Waals surface area contributed by atoms with Gasteiger partial charge in [0.05, 0.1) is 0 Å². The highest BCUT2D eigenvalue weighted by molar-refractivity contribution is 6.02. The van der Waals surface area contributed by atoms with Crippen molar-refractivity contribution >= 4 is 5.78 Å². The van der Waals surface area contributed by atoms with E-state index in [0.717, 1.165) is 50.5 Å². The summed E-state index contributed by atoms with van der Waals surface area (Å²) in [6, 6.07) is 0. The molecule has 0 amide bonds. The Labute approximate surface area is 91.7 Å². The van der Waals surface area contributed by atoms with Crippen molar-refractivity contribution in [2.24, 2.45) is 0 Å². The van der Waals surface area contributed by atoms with E-state index in [0.29, 0.717) is 0 Å². The Hall–Kier alpha value is -0.630. The normalized spacial score (nSPS) is 25.0. The van der Waals surface area contributed by atoms with Crippen LogP contribution < -0.4 is 0 Å². The van der Waals surface area contributed by atoms with E-state index in [1.807, 2.05) is 0 Å². The molecule has 0 saturated heterocycles. The van der Waals surface area contributed by atoms with Crippen LogP contribution in [0.4, 0.5) is 0 Å². The molecule has 1 fully saturated rings. The molecule has 15 heavy (non-hydrogen) atoms. The Morgan fingerprint density at radius 1 is 1.27 bits per heavy atom. The number of methoxy groups -OCH3 is 1. The third kappa shape index (κ3) is 2.00. The summed E-state index contributed by atoms with van der Waals surface area (Å²) in [5.74, 6) is 0.280. The van der Waals surface area contributed by atoms with Gasteiger partial charge in [0.2, 0.25) is 0 Å². The number of Topliss-reactive ketones (excluding diaryl/α,β-unsaturated/α-hetero) is 1. The minimum absolute atomic E-state index is 0.280.